The van der Waals surface area contributed by atoms with Crippen molar-refractivity contribution in [2.45, 2.75) is 31.7 Å². The van der Waals surface area contributed by atoms with E-state index in [4.69, 9.17) is 5.11 Å². The van der Waals surface area contributed by atoms with Gasteiger partial charge >= 0.3 is 6.09 Å². The summed E-state index contributed by atoms with van der Waals surface area (Å²) in [5.74, 6) is 0. The van der Waals surface area contributed by atoms with E-state index < -0.39 is 6.09 Å². The van der Waals surface area contributed by atoms with Gasteiger partial charge in [-0.05, 0) is 54.4 Å². The molecule has 1 N–H and O–H groups in total. The Morgan fingerprint density at radius 3 is 2.58 bits per heavy atom. The summed E-state index contributed by atoms with van der Waals surface area (Å²) < 4.78 is 0. The van der Waals surface area contributed by atoms with Crippen LogP contribution >= 0.6 is 0 Å². The van der Waals surface area contributed by atoms with Crippen molar-refractivity contribution in [2.24, 2.45) is 5.41 Å². The summed E-state index contributed by atoms with van der Waals surface area (Å²) in [4.78, 5) is 16.9. The van der Waals surface area contributed by atoms with Crippen LogP contribution in [0.2, 0.25) is 0 Å². The third-order valence-corrected chi connectivity index (χ3v) is 6.43. The molecule has 1 amide bonds. The Balaban J connectivity index is 1.26. The van der Waals surface area contributed by atoms with E-state index in [-0.39, 0.29) is 0 Å². The monoisotopic (exact) mass is 353 g/mol. The molecule has 0 unspecified atom stereocenters. The minimum absolute atomic E-state index is 0.341. The average molecular weight is 353 g/mol. The average Bonchev–Trinajstić information content (AvgIpc) is 3.29. The fourth-order valence-electron chi connectivity index (χ4n) is 4.96. The van der Waals surface area contributed by atoms with Crippen LogP contribution in [0.1, 0.15) is 36.4 Å². The number of hydrogen-bond acceptors (Lipinski definition) is 4. The van der Waals surface area contributed by atoms with Crippen LogP contribution in [0.25, 0.3) is 5.69 Å². The molecule has 2 fully saturated rings. The first-order valence-electron chi connectivity index (χ1n) is 9.35. The van der Waals surface area contributed by atoms with Crippen LogP contribution in [0.4, 0.5) is 4.79 Å². The Bertz CT molecular complexity index is 818. The number of piperidine rings is 1. The van der Waals surface area contributed by atoms with E-state index in [2.05, 4.69) is 33.3 Å². The third-order valence-electron chi connectivity index (χ3n) is 6.43. The molecule has 5 rings (SSSR count). The number of rotatable bonds is 2. The van der Waals surface area contributed by atoms with E-state index in [1.165, 1.54) is 17.5 Å². The summed E-state index contributed by atoms with van der Waals surface area (Å²) in [6, 6.07) is 7.07. The summed E-state index contributed by atoms with van der Waals surface area (Å²) in [5.41, 5.74) is 4.22. The molecule has 1 atom stereocenters. The van der Waals surface area contributed by atoms with Gasteiger partial charge in [-0.3, -0.25) is 4.90 Å². The maximum absolute atomic E-state index is 11.1. The second-order valence-electron chi connectivity index (χ2n) is 7.93. The van der Waals surface area contributed by atoms with E-state index >= 15 is 0 Å². The molecule has 1 aromatic carbocycles. The molecule has 1 aliphatic carbocycles. The molecule has 3 heterocycles. The van der Waals surface area contributed by atoms with Crippen molar-refractivity contribution in [1.82, 2.24) is 24.8 Å². The van der Waals surface area contributed by atoms with Gasteiger partial charge in [-0.15, -0.1) is 0 Å². The van der Waals surface area contributed by atoms with Crippen molar-refractivity contribution in [2.75, 3.05) is 26.2 Å². The van der Waals surface area contributed by atoms with Crippen molar-refractivity contribution in [3.63, 3.8) is 0 Å². The van der Waals surface area contributed by atoms with Crippen molar-refractivity contribution in [3.05, 3.63) is 41.7 Å². The second kappa shape index (κ2) is 5.81. The molecule has 2 saturated heterocycles. The number of nitrogens with zero attached hydrogens (tertiary/aromatic N) is 5. The highest BCUT2D eigenvalue weighted by molar-refractivity contribution is 5.65. The lowest BCUT2D eigenvalue weighted by molar-refractivity contribution is -0.0664. The lowest BCUT2D eigenvalue weighted by atomic mass is 9.71. The zero-order valence-electron chi connectivity index (χ0n) is 14.7. The molecule has 0 radical (unpaired) electrons. The van der Waals surface area contributed by atoms with Gasteiger partial charge in [0.1, 0.15) is 0 Å². The number of amides is 1. The van der Waals surface area contributed by atoms with Gasteiger partial charge < -0.3 is 10.0 Å². The van der Waals surface area contributed by atoms with Gasteiger partial charge in [0.25, 0.3) is 0 Å². The predicted octanol–water partition coefficient (Wildman–Crippen LogP) is 2.33. The van der Waals surface area contributed by atoms with E-state index in [0.717, 1.165) is 38.0 Å². The number of fused-ring (bicyclic) bond motifs is 1. The Hall–Kier alpha value is -2.41. The van der Waals surface area contributed by atoms with Crippen LogP contribution < -0.4 is 0 Å². The fraction of sp³-hybridized carbons (Fsp3) is 0.526. The number of aromatic nitrogens is 3. The molecule has 7 nitrogen and oxygen atoms in total. The van der Waals surface area contributed by atoms with Gasteiger partial charge in [0.15, 0.2) is 0 Å². The number of benzene rings is 1. The zero-order valence-corrected chi connectivity index (χ0v) is 14.7. The minimum Gasteiger partial charge on any atom is -0.465 e. The molecule has 2 aromatic rings. The molecule has 2 aliphatic heterocycles. The maximum Gasteiger partial charge on any atom is 0.407 e. The van der Waals surface area contributed by atoms with Crippen LogP contribution in [0.15, 0.2) is 30.6 Å². The topological polar surface area (TPSA) is 74.5 Å². The summed E-state index contributed by atoms with van der Waals surface area (Å²) in [6.07, 6.45) is 6.89. The lowest BCUT2D eigenvalue weighted by Gasteiger charge is -2.56. The van der Waals surface area contributed by atoms with Gasteiger partial charge in [-0.1, -0.05) is 6.07 Å². The molecule has 1 spiro atoms. The highest BCUT2D eigenvalue weighted by atomic mass is 16.4. The summed E-state index contributed by atoms with van der Waals surface area (Å²) >= 11 is 0. The highest BCUT2D eigenvalue weighted by Crippen LogP contribution is 2.47. The Morgan fingerprint density at radius 1 is 1.15 bits per heavy atom. The number of carboxylic acid groups (broad SMARTS) is 1. The Kier molecular flexibility index (Phi) is 3.53. The second-order valence-corrected chi connectivity index (χ2v) is 7.93. The van der Waals surface area contributed by atoms with Crippen molar-refractivity contribution >= 4 is 6.09 Å². The number of hydrogen-bond donors (Lipinski definition) is 1. The fourth-order valence-corrected chi connectivity index (χ4v) is 4.96. The molecule has 1 aromatic heterocycles. The SMILES string of the molecule is O=C(O)N1CCC2(CC1)CN([C@@H]1CCc3cc(-n4nccn4)ccc31)C2. The van der Waals surface area contributed by atoms with Crippen molar-refractivity contribution < 1.29 is 9.90 Å². The molecule has 136 valence electrons. The summed E-state index contributed by atoms with van der Waals surface area (Å²) in [5, 5.41) is 17.6. The van der Waals surface area contributed by atoms with E-state index in [0.29, 0.717) is 24.5 Å². The van der Waals surface area contributed by atoms with Crippen LogP contribution in [-0.4, -0.2) is 62.2 Å². The predicted molar refractivity (Wildman–Crippen MR) is 95.3 cm³/mol. The molecule has 0 saturated carbocycles. The molecule has 3 aliphatic rings. The minimum atomic E-state index is -0.775. The summed E-state index contributed by atoms with van der Waals surface area (Å²) in [6.45, 7) is 3.58. The normalized spacial score (nSPS) is 24.5. The smallest absolute Gasteiger partial charge is 0.407 e. The van der Waals surface area contributed by atoms with Gasteiger partial charge in [-0.2, -0.15) is 15.0 Å². The van der Waals surface area contributed by atoms with Gasteiger partial charge in [-0.25, -0.2) is 4.79 Å². The van der Waals surface area contributed by atoms with Crippen LogP contribution in [0.5, 0.6) is 0 Å². The van der Waals surface area contributed by atoms with E-state index in [1.807, 2.05) is 0 Å². The number of aryl methyl sites for hydroxylation is 1. The zero-order chi connectivity index (χ0) is 17.7. The van der Waals surface area contributed by atoms with Crippen LogP contribution in [-0.2, 0) is 6.42 Å². The molecule has 26 heavy (non-hydrogen) atoms. The largest absolute Gasteiger partial charge is 0.465 e. The summed E-state index contributed by atoms with van der Waals surface area (Å²) in [7, 11) is 0. The van der Waals surface area contributed by atoms with Crippen LogP contribution in [0.3, 0.4) is 0 Å². The van der Waals surface area contributed by atoms with Crippen LogP contribution in [0, 0.1) is 5.41 Å². The van der Waals surface area contributed by atoms with Crippen molar-refractivity contribution in [1.29, 1.82) is 0 Å². The van der Waals surface area contributed by atoms with Gasteiger partial charge in [0.2, 0.25) is 0 Å². The lowest BCUT2D eigenvalue weighted by Crippen LogP contribution is -2.61. The highest BCUT2D eigenvalue weighted by Gasteiger charge is 2.48. The first-order chi connectivity index (χ1) is 12.6. The van der Waals surface area contributed by atoms with E-state index in [9.17, 15) is 4.79 Å². The number of likely N-dealkylation sites (tertiary alicyclic amines) is 2. The molecule has 0 bridgehead atoms. The number of carbonyl (C=O) groups is 1. The first kappa shape index (κ1) is 15.8. The first-order valence-corrected chi connectivity index (χ1v) is 9.35. The third kappa shape index (κ3) is 2.49. The van der Waals surface area contributed by atoms with Gasteiger partial charge in [0, 0.05) is 32.2 Å². The Morgan fingerprint density at radius 2 is 1.88 bits per heavy atom. The maximum atomic E-state index is 11.1. The molecular formula is C19H23N5O2. The molecular weight excluding hydrogens is 330 g/mol. The standard InChI is InChI=1S/C19H23N5O2/c25-18(26)22-9-5-19(6-10-22)12-23(13-19)17-4-1-14-11-15(2-3-16(14)17)24-20-7-8-21-24/h2-3,7-8,11,17H,1,4-6,9-10,12-13H2,(H,25,26)/t17-/m1/s1. The quantitative estimate of drug-likeness (QED) is 0.897. The van der Waals surface area contributed by atoms with Gasteiger partial charge in [0.05, 0.1) is 18.1 Å². The Labute approximate surface area is 152 Å². The van der Waals surface area contributed by atoms with E-state index in [1.54, 1.807) is 22.1 Å². The van der Waals surface area contributed by atoms with Crippen molar-refractivity contribution in [3.8, 4) is 5.69 Å². The molecule has 7 heteroatoms.